The molecule has 0 radical (unpaired) electrons. The van der Waals surface area contributed by atoms with Crippen LogP contribution >= 0.6 is 24.8 Å². The molecular formula is C19H24Cl2N4O2. The summed E-state index contributed by atoms with van der Waals surface area (Å²) in [4.78, 5) is 28.2. The average molecular weight is 411 g/mol. The molecule has 146 valence electrons. The number of hydrogen-bond donors (Lipinski definition) is 3. The summed E-state index contributed by atoms with van der Waals surface area (Å²) in [6.07, 6.45) is 5.23. The quantitative estimate of drug-likeness (QED) is 0.707. The van der Waals surface area contributed by atoms with Crippen molar-refractivity contribution in [3.63, 3.8) is 0 Å². The Hall–Kier alpha value is -2.15. The molecule has 1 aliphatic heterocycles. The van der Waals surface area contributed by atoms with Gasteiger partial charge in [0.1, 0.15) is 0 Å². The number of rotatable bonds is 5. The predicted octanol–water partition coefficient (Wildman–Crippen LogP) is 2.79. The molecule has 1 aromatic carbocycles. The summed E-state index contributed by atoms with van der Waals surface area (Å²) in [6, 6.07) is 10.7. The molecule has 1 aromatic heterocycles. The Morgan fingerprint density at radius 3 is 2.41 bits per heavy atom. The molecule has 6 nitrogen and oxygen atoms in total. The molecule has 3 rings (SSSR count). The Balaban J connectivity index is 0.00000182. The van der Waals surface area contributed by atoms with Crippen LogP contribution in [0.2, 0.25) is 0 Å². The van der Waals surface area contributed by atoms with Crippen LogP contribution in [0.5, 0.6) is 0 Å². The van der Waals surface area contributed by atoms with Gasteiger partial charge in [-0.2, -0.15) is 0 Å². The van der Waals surface area contributed by atoms with Crippen LogP contribution < -0.4 is 16.0 Å². The number of carbonyl (C=O) groups excluding carboxylic acids is 2. The van der Waals surface area contributed by atoms with Gasteiger partial charge in [0.25, 0.3) is 5.91 Å². The summed E-state index contributed by atoms with van der Waals surface area (Å²) in [6.45, 7) is 2.22. The van der Waals surface area contributed by atoms with Crippen LogP contribution in [0.4, 0.5) is 5.69 Å². The fraction of sp³-hybridized carbons (Fsp3) is 0.316. The Morgan fingerprint density at radius 2 is 1.78 bits per heavy atom. The van der Waals surface area contributed by atoms with E-state index in [1.807, 2.05) is 12.1 Å². The number of nitrogens with one attached hydrogen (secondary N) is 3. The molecule has 2 heterocycles. The Bertz CT molecular complexity index is 720. The Kier molecular flexibility index (Phi) is 9.78. The molecule has 2 aromatic rings. The molecule has 1 atom stereocenters. The molecule has 0 saturated carbocycles. The SMILES string of the molecule is Cl.Cl.O=C(Nc1ccncc1)c1ccc(CNC(=O)C2CCCNC2)cc1. The van der Waals surface area contributed by atoms with Gasteiger partial charge >= 0.3 is 0 Å². The van der Waals surface area contributed by atoms with E-state index in [9.17, 15) is 9.59 Å². The monoisotopic (exact) mass is 410 g/mol. The number of pyridine rings is 1. The first-order valence-corrected chi connectivity index (χ1v) is 8.51. The van der Waals surface area contributed by atoms with E-state index < -0.39 is 0 Å². The molecule has 0 bridgehead atoms. The molecule has 0 aliphatic carbocycles. The molecular weight excluding hydrogens is 387 g/mol. The first-order chi connectivity index (χ1) is 12.2. The molecule has 1 fully saturated rings. The first-order valence-electron chi connectivity index (χ1n) is 8.51. The summed E-state index contributed by atoms with van der Waals surface area (Å²) in [5.74, 6) is -0.0269. The lowest BCUT2D eigenvalue weighted by atomic mass is 9.99. The van der Waals surface area contributed by atoms with Gasteiger partial charge in [0.2, 0.25) is 5.91 Å². The van der Waals surface area contributed by atoms with E-state index in [1.165, 1.54) is 0 Å². The van der Waals surface area contributed by atoms with Crippen LogP contribution in [-0.4, -0.2) is 29.9 Å². The summed E-state index contributed by atoms with van der Waals surface area (Å²) in [7, 11) is 0. The smallest absolute Gasteiger partial charge is 0.255 e. The number of benzene rings is 1. The van der Waals surface area contributed by atoms with Crippen LogP contribution in [0.25, 0.3) is 0 Å². The fourth-order valence-electron chi connectivity index (χ4n) is 2.82. The third-order valence-electron chi connectivity index (χ3n) is 4.29. The second-order valence-corrected chi connectivity index (χ2v) is 6.15. The summed E-state index contributed by atoms with van der Waals surface area (Å²) >= 11 is 0. The predicted molar refractivity (Wildman–Crippen MR) is 111 cm³/mol. The van der Waals surface area contributed by atoms with Gasteiger partial charge in [0, 0.05) is 36.7 Å². The van der Waals surface area contributed by atoms with Crippen molar-refractivity contribution in [2.24, 2.45) is 5.92 Å². The number of halogens is 2. The maximum absolute atomic E-state index is 12.2. The Morgan fingerprint density at radius 1 is 1.07 bits per heavy atom. The maximum Gasteiger partial charge on any atom is 0.255 e. The van der Waals surface area contributed by atoms with E-state index in [-0.39, 0.29) is 42.5 Å². The van der Waals surface area contributed by atoms with Gasteiger partial charge in [0.15, 0.2) is 0 Å². The highest BCUT2D eigenvalue weighted by atomic mass is 35.5. The topological polar surface area (TPSA) is 83.1 Å². The van der Waals surface area contributed by atoms with Gasteiger partial charge in [-0.1, -0.05) is 12.1 Å². The molecule has 3 N–H and O–H groups in total. The van der Waals surface area contributed by atoms with Gasteiger partial charge in [-0.25, -0.2) is 0 Å². The van der Waals surface area contributed by atoms with Crippen molar-refractivity contribution in [3.8, 4) is 0 Å². The largest absolute Gasteiger partial charge is 0.352 e. The number of nitrogens with zero attached hydrogens (tertiary/aromatic N) is 1. The molecule has 8 heteroatoms. The maximum atomic E-state index is 12.2. The number of piperidine rings is 1. The van der Waals surface area contributed by atoms with Crippen LogP contribution in [0.1, 0.15) is 28.8 Å². The minimum absolute atomic E-state index is 0. The highest BCUT2D eigenvalue weighted by molar-refractivity contribution is 6.04. The van der Waals surface area contributed by atoms with Gasteiger partial charge in [-0.3, -0.25) is 14.6 Å². The Labute approximate surface area is 171 Å². The lowest BCUT2D eigenvalue weighted by Crippen LogP contribution is -2.40. The van der Waals surface area contributed by atoms with Gasteiger partial charge in [0.05, 0.1) is 5.92 Å². The van der Waals surface area contributed by atoms with Crippen molar-refractivity contribution < 1.29 is 9.59 Å². The van der Waals surface area contributed by atoms with Crippen molar-refractivity contribution in [1.29, 1.82) is 0 Å². The summed E-state index contributed by atoms with van der Waals surface area (Å²) in [5, 5.41) is 9.03. The zero-order valence-corrected chi connectivity index (χ0v) is 16.4. The number of carbonyl (C=O) groups is 2. The zero-order valence-electron chi connectivity index (χ0n) is 14.8. The first kappa shape index (κ1) is 22.9. The number of amides is 2. The molecule has 1 unspecified atom stereocenters. The third-order valence-corrected chi connectivity index (χ3v) is 4.29. The van der Waals surface area contributed by atoms with E-state index in [4.69, 9.17) is 0 Å². The molecule has 27 heavy (non-hydrogen) atoms. The second-order valence-electron chi connectivity index (χ2n) is 6.15. The van der Waals surface area contributed by atoms with E-state index in [0.717, 1.165) is 31.5 Å². The lowest BCUT2D eigenvalue weighted by Gasteiger charge is -2.21. The van der Waals surface area contributed by atoms with E-state index in [0.29, 0.717) is 17.8 Å². The highest BCUT2D eigenvalue weighted by Crippen LogP contribution is 2.11. The number of aromatic nitrogens is 1. The van der Waals surface area contributed by atoms with Crippen molar-refractivity contribution in [2.75, 3.05) is 18.4 Å². The van der Waals surface area contributed by atoms with Crippen molar-refractivity contribution in [1.82, 2.24) is 15.6 Å². The molecule has 1 saturated heterocycles. The van der Waals surface area contributed by atoms with E-state index in [2.05, 4.69) is 20.9 Å². The van der Waals surface area contributed by atoms with Crippen molar-refractivity contribution in [3.05, 3.63) is 59.9 Å². The molecule has 0 spiro atoms. The minimum Gasteiger partial charge on any atom is -0.352 e. The highest BCUT2D eigenvalue weighted by Gasteiger charge is 2.20. The molecule has 2 amide bonds. The average Bonchev–Trinajstić information content (AvgIpc) is 2.68. The third kappa shape index (κ3) is 6.82. The van der Waals surface area contributed by atoms with Crippen LogP contribution in [0, 0.1) is 5.92 Å². The minimum atomic E-state index is -0.171. The van der Waals surface area contributed by atoms with Crippen molar-refractivity contribution in [2.45, 2.75) is 19.4 Å². The van der Waals surface area contributed by atoms with Crippen LogP contribution in [0.15, 0.2) is 48.8 Å². The summed E-state index contributed by atoms with van der Waals surface area (Å²) in [5.41, 5.74) is 2.25. The van der Waals surface area contributed by atoms with Crippen LogP contribution in [-0.2, 0) is 11.3 Å². The van der Waals surface area contributed by atoms with E-state index in [1.54, 1.807) is 36.7 Å². The van der Waals surface area contributed by atoms with Gasteiger partial charge in [-0.05, 0) is 49.2 Å². The van der Waals surface area contributed by atoms with E-state index >= 15 is 0 Å². The zero-order chi connectivity index (χ0) is 17.5. The van der Waals surface area contributed by atoms with Gasteiger partial charge < -0.3 is 16.0 Å². The van der Waals surface area contributed by atoms with Crippen molar-refractivity contribution >= 4 is 42.3 Å². The standard InChI is InChI=1S/C19H22N4O2.2ClH/c24-18(16-2-1-9-21-13-16)22-12-14-3-5-15(6-4-14)19(25)23-17-7-10-20-11-8-17;;/h3-8,10-11,16,21H,1-2,9,12-13H2,(H,22,24)(H,20,23,25);2*1H. The van der Waals surface area contributed by atoms with Gasteiger partial charge in [-0.15, -0.1) is 24.8 Å². The number of anilines is 1. The second kappa shape index (κ2) is 11.5. The lowest BCUT2D eigenvalue weighted by molar-refractivity contribution is -0.125. The molecule has 1 aliphatic rings. The summed E-state index contributed by atoms with van der Waals surface area (Å²) < 4.78 is 0. The van der Waals surface area contributed by atoms with Crippen LogP contribution in [0.3, 0.4) is 0 Å². The number of hydrogen-bond acceptors (Lipinski definition) is 4. The fourth-order valence-corrected chi connectivity index (χ4v) is 2.82. The normalized spacial score (nSPS) is 15.6.